The standard InChI is InChI=1S/C9H10F3N.C2H6/c1-6-2-4-7(5-3-6)8(13)9(10,11)12;1-2/h2-5,8H,13H2,1H3;1-2H3. The lowest BCUT2D eigenvalue weighted by molar-refractivity contribution is -0.149. The number of rotatable bonds is 1. The normalized spacial score (nSPS) is 12.7. The Morgan fingerprint density at radius 2 is 1.47 bits per heavy atom. The fourth-order valence-electron chi connectivity index (χ4n) is 0.963. The van der Waals surface area contributed by atoms with Crippen LogP contribution in [0.4, 0.5) is 13.2 Å². The summed E-state index contributed by atoms with van der Waals surface area (Å²) in [5.41, 5.74) is 6.01. The Balaban J connectivity index is 0.000000921. The number of nitrogens with two attached hydrogens (primary N) is 1. The van der Waals surface area contributed by atoms with E-state index in [0.717, 1.165) is 5.56 Å². The first kappa shape index (κ1) is 14.0. The molecule has 1 rings (SSSR count). The smallest absolute Gasteiger partial charge is 0.316 e. The molecule has 2 N–H and O–H groups in total. The van der Waals surface area contributed by atoms with Gasteiger partial charge in [-0.25, -0.2) is 0 Å². The number of halogens is 3. The summed E-state index contributed by atoms with van der Waals surface area (Å²) in [4.78, 5) is 0. The lowest BCUT2D eigenvalue weighted by Crippen LogP contribution is -2.28. The van der Waals surface area contributed by atoms with Crippen molar-refractivity contribution in [2.24, 2.45) is 5.73 Å². The summed E-state index contributed by atoms with van der Waals surface area (Å²) in [6.07, 6.45) is -4.37. The predicted molar refractivity (Wildman–Crippen MR) is 55.5 cm³/mol. The molecule has 0 aromatic heterocycles. The summed E-state index contributed by atoms with van der Waals surface area (Å²) in [7, 11) is 0. The van der Waals surface area contributed by atoms with E-state index >= 15 is 0 Å². The summed E-state index contributed by atoms with van der Waals surface area (Å²) in [5.74, 6) is 0. The minimum Gasteiger partial charge on any atom is -0.316 e. The van der Waals surface area contributed by atoms with E-state index in [1.807, 2.05) is 20.8 Å². The van der Waals surface area contributed by atoms with Crippen molar-refractivity contribution in [1.82, 2.24) is 0 Å². The van der Waals surface area contributed by atoms with Crippen molar-refractivity contribution in [1.29, 1.82) is 0 Å². The molecule has 1 aromatic rings. The van der Waals surface area contributed by atoms with E-state index in [4.69, 9.17) is 5.73 Å². The molecule has 0 saturated heterocycles. The van der Waals surface area contributed by atoms with Gasteiger partial charge in [-0.05, 0) is 12.5 Å². The van der Waals surface area contributed by atoms with Gasteiger partial charge in [0, 0.05) is 0 Å². The van der Waals surface area contributed by atoms with E-state index in [2.05, 4.69) is 0 Å². The Bertz CT molecular complexity index is 277. The second kappa shape index (κ2) is 5.75. The third kappa shape index (κ3) is 4.34. The van der Waals surface area contributed by atoms with Gasteiger partial charge in [0.25, 0.3) is 0 Å². The molecule has 0 aliphatic rings. The minimum atomic E-state index is -4.37. The van der Waals surface area contributed by atoms with Gasteiger partial charge in [0.1, 0.15) is 6.04 Å². The summed E-state index contributed by atoms with van der Waals surface area (Å²) in [6, 6.07) is 4.14. The number of hydrogen-bond acceptors (Lipinski definition) is 1. The zero-order valence-corrected chi connectivity index (χ0v) is 9.10. The molecule has 0 heterocycles. The number of alkyl halides is 3. The SMILES string of the molecule is CC.Cc1ccc(C(N)C(F)(F)F)cc1. The highest BCUT2D eigenvalue weighted by molar-refractivity contribution is 5.24. The van der Waals surface area contributed by atoms with Crippen LogP contribution in [0.15, 0.2) is 24.3 Å². The maximum absolute atomic E-state index is 12.1. The van der Waals surface area contributed by atoms with Crippen LogP contribution in [-0.4, -0.2) is 6.18 Å². The van der Waals surface area contributed by atoms with Crippen LogP contribution in [-0.2, 0) is 0 Å². The summed E-state index contributed by atoms with van der Waals surface area (Å²) in [6.45, 7) is 5.81. The topological polar surface area (TPSA) is 26.0 Å². The van der Waals surface area contributed by atoms with Crippen LogP contribution in [0.1, 0.15) is 31.0 Å². The largest absolute Gasteiger partial charge is 0.407 e. The molecular weight excluding hydrogens is 203 g/mol. The van der Waals surface area contributed by atoms with E-state index in [9.17, 15) is 13.2 Å². The van der Waals surface area contributed by atoms with E-state index in [0.29, 0.717) is 0 Å². The predicted octanol–water partition coefficient (Wildman–Crippen LogP) is 3.58. The van der Waals surface area contributed by atoms with Crippen LogP contribution in [0.3, 0.4) is 0 Å². The lowest BCUT2D eigenvalue weighted by Gasteiger charge is -2.15. The molecule has 0 aliphatic carbocycles. The van der Waals surface area contributed by atoms with Crippen molar-refractivity contribution in [3.63, 3.8) is 0 Å². The molecule has 86 valence electrons. The van der Waals surface area contributed by atoms with Gasteiger partial charge in [0.15, 0.2) is 0 Å². The van der Waals surface area contributed by atoms with Crippen LogP contribution in [0.25, 0.3) is 0 Å². The van der Waals surface area contributed by atoms with Gasteiger partial charge in [-0.3, -0.25) is 0 Å². The zero-order valence-electron chi connectivity index (χ0n) is 9.10. The first-order valence-corrected chi connectivity index (χ1v) is 4.80. The maximum Gasteiger partial charge on any atom is 0.407 e. The maximum atomic E-state index is 12.1. The number of hydrogen-bond donors (Lipinski definition) is 1. The van der Waals surface area contributed by atoms with Gasteiger partial charge in [0.05, 0.1) is 0 Å². The van der Waals surface area contributed by atoms with Crippen molar-refractivity contribution in [3.05, 3.63) is 35.4 Å². The van der Waals surface area contributed by atoms with E-state index < -0.39 is 12.2 Å². The van der Waals surface area contributed by atoms with Gasteiger partial charge in [-0.15, -0.1) is 0 Å². The molecule has 0 amide bonds. The van der Waals surface area contributed by atoms with Gasteiger partial charge in [-0.1, -0.05) is 43.7 Å². The molecule has 1 atom stereocenters. The Morgan fingerprint density at radius 3 is 1.80 bits per heavy atom. The quantitative estimate of drug-likeness (QED) is 0.767. The average Bonchev–Trinajstić information content (AvgIpc) is 2.20. The fraction of sp³-hybridized carbons (Fsp3) is 0.455. The summed E-state index contributed by atoms with van der Waals surface area (Å²) in [5, 5.41) is 0. The Labute approximate surface area is 88.1 Å². The van der Waals surface area contributed by atoms with E-state index in [1.54, 1.807) is 12.1 Å². The van der Waals surface area contributed by atoms with Gasteiger partial charge in [0.2, 0.25) is 0 Å². The average molecular weight is 219 g/mol. The van der Waals surface area contributed by atoms with E-state index in [1.165, 1.54) is 12.1 Å². The van der Waals surface area contributed by atoms with Crippen LogP contribution < -0.4 is 5.73 Å². The fourth-order valence-corrected chi connectivity index (χ4v) is 0.963. The lowest BCUT2D eigenvalue weighted by atomic mass is 10.1. The monoisotopic (exact) mass is 219 g/mol. The van der Waals surface area contributed by atoms with Crippen LogP contribution >= 0.6 is 0 Å². The second-order valence-corrected chi connectivity index (χ2v) is 2.93. The summed E-state index contributed by atoms with van der Waals surface area (Å²) < 4.78 is 36.3. The van der Waals surface area contributed by atoms with Crippen molar-refractivity contribution in [2.45, 2.75) is 33.0 Å². The van der Waals surface area contributed by atoms with Crippen molar-refractivity contribution < 1.29 is 13.2 Å². The number of benzene rings is 1. The van der Waals surface area contributed by atoms with Gasteiger partial charge < -0.3 is 5.73 Å². The third-order valence-corrected chi connectivity index (χ3v) is 1.79. The van der Waals surface area contributed by atoms with Crippen molar-refractivity contribution in [2.75, 3.05) is 0 Å². The van der Waals surface area contributed by atoms with Gasteiger partial charge >= 0.3 is 6.18 Å². The molecule has 0 fully saturated rings. The molecule has 1 aromatic carbocycles. The molecule has 0 saturated carbocycles. The van der Waals surface area contributed by atoms with Crippen molar-refractivity contribution >= 4 is 0 Å². The molecule has 0 radical (unpaired) electrons. The Kier molecular flexibility index (Phi) is 5.36. The number of aryl methyl sites for hydroxylation is 1. The molecule has 0 spiro atoms. The Morgan fingerprint density at radius 1 is 1.07 bits per heavy atom. The first-order valence-electron chi connectivity index (χ1n) is 4.80. The molecule has 0 aliphatic heterocycles. The highest BCUT2D eigenvalue weighted by Crippen LogP contribution is 2.30. The third-order valence-electron chi connectivity index (χ3n) is 1.79. The van der Waals surface area contributed by atoms with Crippen LogP contribution in [0.2, 0.25) is 0 Å². The molecule has 0 bridgehead atoms. The van der Waals surface area contributed by atoms with Crippen molar-refractivity contribution in [3.8, 4) is 0 Å². The molecule has 1 unspecified atom stereocenters. The molecule has 15 heavy (non-hydrogen) atoms. The molecule has 1 nitrogen and oxygen atoms in total. The van der Waals surface area contributed by atoms with E-state index in [-0.39, 0.29) is 5.56 Å². The minimum absolute atomic E-state index is 0.0955. The molecule has 4 heteroatoms. The highest BCUT2D eigenvalue weighted by Gasteiger charge is 2.37. The highest BCUT2D eigenvalue weighted by atomic mass is 19.4. The van der Waals surface area contributed by atoms with Crippen LogP contribution in [0.5, 0.6) is 0 Å². The van der Waals surface area contributed by atoms with Gasteiger partial charge in [-0.2, -0.15) is 13.2 Å². The Hall–Kier alpha value is -1.03. The van der Waals surface area contributed by atoms with Crippen LogP contribution in [0, 0.1) is 6.92 Å². The second-order valence-electron chi connectivity index (χ2n) is 2.93. The first-order chi connectivity index (χ1) is 6.91. The molecular formula is C11H16F3N. The summed E-state index contributed by atoms with van der Waals surface area (Å²) >= 11 is 0. The zero-order chi connectivity index (χ0) is 12.1.